The van der Waals surface area contributed by atoms with E-state index >= 15 is 0 Å². The summed E-state index contributed by atoms with van der Waals surface area (Å²) in [4.78, 5) is 28.0. The minimum atomic E-state index is 0.606. The van der Waals surface area contributed by atoms with Crippen molar-refractivity contribution >= 4 is 23.5 Å². The number of hydrogen-bond donors (Lipinski definition) is 0. The van der Waals surface area contributed by atoms with Crippen LogP contribution in [0.5, 0.6) is 0 Å². The molecule has 1 aromatic carbocycles. The van der Waals surface area contributed by atoms with Gasteiger partial charge < -0.3 is 0 Å². The minimum Gasteiger partial charge on any atom is -0.211 e. The number of isocyanates is 2. The van der Waals surface area contributed by atoms with E-state index in [1.54, 1.807) is 0 Å². The molecule has 0 N–H and O–H groups in total. The summed E-state index contributed by atoms with van der Waals surface area (Å²) in [5, 5.41) is 0. The number of carbonyl (C=O) groups excluding carboxylic acids is 2. The van der Waals surface area contributed by atoms with Gasteiger partial charge in [-0.1, -0.05) is 0 Å². The normalized spacial score (nSPS) is 9.25. The van der Waals surface area contributed by atoms with E-state index in [4.69, 9.17) is 0 Å². The van der Waals surface area contributed by atoms with Crippen molar-refractivity contribution in [1.29, 1.82) is 0 Å². The van der Waals surface area contributed by atoms with Gasteiger partial charge >= 0.3 is 0 Å². The van der Waals surface area contributed by atoms with E-state index in [0.29, 0.717) is 11.4 Å². The third-order valence-corrected chi connectivity index (χ3v) is 2.86. The summed E-state index contributed by atoms with van der Waals surface area (Å²) < 4.78 is 0. The van der Waals surface area contributed by atoms with Crippen molar-refractivity contribution in [3.8, 4) is 0 Å². The van der Waals surface area contributed by atoms with Crippen LogP contribution in [0.25, 0.3) is 0 Å². The number of nitrogens with zero attached hydrogens (tertiary/aromatic N) is 2. The highest BCUT2D eigenvalue weighted by Gasteiger charge is 2.13. The SMILES string of the molecule is Cc1c(C)c(N=C=O)c(C)c(C)c1N=C=O. The Hall–Kier alpha value is -2.02. The maximum atomic E-state index is 10.3. The van der Waals surface area contributed by atoms with Crippen LogP contribution >= 0.6 is 0 Å². The van der Waals surface area contributed by atoms with Gasteiger partial charge in [0.1, 0.15) is 0 Å². The van der Waals surface area contributed by atoms with Gasteiger partial charge in [-0.3, -0.25) is 0 Å². The number of benzene rings is 1. The molecule has 0 heterocycles. The van der Waals surface area contributed by atoms with Gasteiger partial charge in [-0.05, 0) is 49.9 Å². The molecular weight excluding hydrogens is 204 g/mol. The monoisotopic (exact) mass is 216 g/mol. The molecule has 4 heteroatoms. The molecule has 1 rings (SSSR count). The van der Waals surface area contributed by atoms with Crippen molar-refractivity contribution in [3.63, 3.8) is 0 Å². The molecule has 0 unspecified atom stereocenters. The zero-order valence-corrected chi connectivity index (χ0v) is 9.71. The Kier molecular flexibility index (Phi) is 3.51. The number of aliphatic imine (C=N–C) groups is 2. The van der Waals surface area contributed by atoms with Crippen LogP contribution in [0, 0.1) is 27.7 Å². The van der Waals surface area contributed by atoms with Crippen LogP contribution in [0.2, 0.25) is 0 Å². The fourth-order valence-electron chi connectivity index (χ4n) is 1.70. The van der Waals surface area contributed by atoms with Crippen LogP contribution in [-0.4, -0.2) is 12.2 Å². The molecule has 16 heavy (non-hydrogen) atoms. The zero-order chi connectivity index (χ0) is 12.3. The third kappa shape index (κ3) is 1.84. The van der Waals surface area contributed by atoms with Crippen LogP contribution in [0.1, 0.15) is 22.3 Å². The smallest absolute Gasteiger partial charge is 0.211 e. The molecule has 82 valence electrons. The lowest BCUT2D eigenvalue weighted by Gasteiger charge is -2.13. The number of rotatable bonds is 2. The molecule has 0 aliphatic rings. The molecule has 0 aliphatic carbocycles. The Morgan fingerprint density at radius 1 is 0.688 bits per heavy atom. The van der Waals surface area contributed by atoms with E-state index in [1.807, 2.05) is 27.7 Å². The predicted molar refractivity (Wildman–Crippen MR) is 61.0 cm³/mol. The van der Waals surface area contributed by atoms with Gasteiger partial charge in [0.2, 0.25) is 12.2 Å². The molecule has 0 saturated carbocycles. The molecule has 0 atom stereocenters. The molecule has 0 bridgehead atoms. The molecule has 0 fully saturated rings. The zero-order valence-electron chi connectivity index (χ0n) is 9.71. The number of hydrogen-bond acceptors (Lipinski definition) is 4. The maximum Gasteiger partial charge on any atom is 0.240 e. The van der Waals surface area contributed by atoms with Crippen molar-refractivity contribution in [1.82, 2.24) is 0 Å². The van der Waals surface area contributed by atoms with Crippen LogP contribution in [-0.2, 0) is 9.59 Å². The standard InChI is InChI=1S/C12H12N2O2/c1-7-8(2)12(14-6-16)10(4)9(3)11(7)13-5-15/h1-4H3. The molecule has 0 saturated heterocycles. The molecule has 0 spiro atoms. The Labute approximate surface area is 93.7 Å². The van der Waals surface area contributed by atoms with Gasteiger partial charge in [-0.25, -0.2) is 9.59 Å². The van der Waals surface area contributed by atoms with E-state index in [0.717, 1.165) is 22.3 Å². The lowest BCUT2D eigenvalue weighted by Crippen LogP contribution is -1.92. The highest BCUT2D eigenvalue weighted by atomic mass is 16.1. The Morgan fingerprint density at radius 3 is 1.12 bits per heavy atom. The molecule has 1 aromatic rings. The van der Waals surface area contributed by atoms with Crippen LogP contribution in [0.3, 0.4) is 0 Å². The van der Waals surface area contributed by atoms with Crippen molar-refractivity contribution in [3.05, 3.63) is 22.3 Å². The first-order valence-corrected chi connectivity index (χ1v) is 4.80. The highest BCUT2D eigenvalue weighted by molar-refractivity contribution is 5.72. The largest absolute Gasteiger partial charge is 0.240 e. The second kappa shape index (κ2) is 4.67. The lowest BCUT2D eigenvalue weighted by molar-refractivity contribution is 0.564. The van der Waals surface area contributed by atoms with Gasteiger partial charge in [0.05, 0.1) is 11.4 Å². The van der Waals surface area contributed by atoms with E-state index in [2.05, 4.69) is 9.98 Å². The quantitative estimate of drug-likeness (QED) is 0.563. The van der Waals surface area contributed by atoms with Crippen molar-refractivity contribution in [2.24, 2.45) is 9.98 Å². The topological polar surface area (TPSA) is 58.9 Å². The summed E-state index contributed by atoms with van der Waals surface area (Å²) in [7, 11) is 0. The van der Waals surface area contributed by atoms with E-state index < -0.39 is 0 Å². The minimum absolute atomic E-state index is 0.606. The Bertz CT molecular complexity index is 456. The third-order valence-electron chi connectivity index (χ3n) is 2.86. The summed E-state index contributed by atoms with van der Waals surface area (Å²) in [5.74, 6) is 0. The van der Waals surface area contributed by atoms with E-state index in [-0.39, 0.29) is 0 Å². The van der Waals surface area contributed by atoms with E-state index in [1.165, 1.54) is 12.2 Å². The Balaban J connectivity index is 3.75. The first-order valence-electron chi connectivity index (χ1n) is 4.80. The fraction of sp³-hybridized carbons (Fsp3) is 0.333. The van der Waals surface area contributed by atoms with Gasteiger partial charge in [0.15, 0.2) is 0 Å². The summed E-state index contributed by atoms with van der Waals surface area (Å²) in [6, 6.07) is 0. The molecular formula is C12H12N2O2. The molecule has 0 aromatic heterocycles. The first kappa shape index (κ1) is 12.1. The van der Waals surface area contributed by atoms with Crippen LogP contribution < -0.4 is 0 Å². The van der Waals surface area contributed by atoms with Crippen LogP contribution in [0.4, 0.5) is 11.4 Å². The molecule has 0 aliphatic heterocycles. The molecule has 0 radical (unpaired) electrons. The van der Waals surface area contributed by atoms with Gasteiger partial charge in [-0.2, -0.15) is 9.98 Å². The molecule has 4 nitrogen and oxygen atoms in total. The predicted octanol–water partition coefficient (Wildman–Crippen LogP) is 2.85. The second-order valence-corrected chi connectivity index (χ2v) is 3.60. The maximum absolute atomic E-state index is 10.3. The summed E-state index contributed by atoms with van der Waals surface area (Å²) in [6.45, 7) is 7.34. The second-order valence-electron chi connectivity index (χ2n) is 3.60. The highest BCUT2D eigenvalue weighted by Crippen LogP contribution is 2.36. The van der Waals surface area contributed by atoms with Crippen molar-refractivity contribution in [2.45, 2.75) is 27.7 Å². The fourth-order valence-corrected chi connectivity index (χ4v) is 1.70. The average Bonchev–Trinajstić information content (AvgIpc) is 2.28. The lowest BCUT2D eigenvalue weighted by atomic mass is 9.96. The summed E-state index contributed by atoms with van der Waals surface area (Å²) in [5.41, 5.74) is 4.55. The summed E-state index contributed by atoms with van der Waals surface area (Å²) >= 11 is 0. The van der Waals surface area contributed by atoms with Crippen molar-refractivity contribution in [2.75, 3.05) is 0 Å². The van der Waals surface area contributed by atoms with E-state index in [9.17, 15) is 9.59 Å². The average molecular weight is 216 g/mol. The van der Waals surface area contributed by atoms with Crippen LogP contribution in [0.15, 0.2) is 9.98 Å². The molecule has 0 amide bonds. The van der Waals surface area contributed by atoms with Crippen molar-refractivity contribution < 1.29 is 9.59 Å². The van der Waals surface area contributed by atoms with Gasteiger partial charge in [0, 0.05) is 0 Å². The Morgan fingerprint density at radius 2 is 0.938 bits per heavy atom. The summed E-state index contributed by atoms with van der Waals surface area (Å²) in [6.07, 6.45) is 3.08. The van der Waals surface area contributed by atoms with Gasteiger partial charge in [0.25, 0.3) is 0 Å². The first-order chi connectivity index (χ1) is 7.54. The van der Waals surface area contributed by atoms with Gasteiger partial charge in [-0.15, -0.1) is 0 Å².